The predicted molar refractivity (Wildman–Crippen MR) is 68.4 cm³/mol. The Morgan fingerprint density at radius 2 is 1.95 bits per heavy atom. The maximum Gasteiger partial charge on any atom is 0.330 e. The molecule has 108 valence electrons. The van der Waals surface area contributed by atoms with Crippen LogP contribution < -0.4 is 16.0 Å². The van der Waals surface area contributed by atoms with Gasteiger partial charge in [0.25, 0.3) is 5.56 Å². The second-order valence-electron chi connectivity index (χ2n) is 4.39. The van der Waals surface area contributed by atoms with Gasteiger partial charge in [-0.2, -0.15) is 0 Å². The van der Waals surface area contributed by atoms with E-state index in [-0.39, 0.29) is 19.1 Å². The van der Waals surface area contributed by atoms with E-state index in [2.05, 4.69) is 4.72 Å². The van der Waals surface area contributed by atoms with Crippen molar-refractivity contribution in [3.05, 3.63) is 27.0 Å². The number of aromatic nitrogens is 2. The van der Waals surface area contributed by atoms with Gasteiger partial charge in [0.15, 0.2) is 4.90 Å². The summed E-state index contributed by atoms with van der Waals surface area (Å²) >= 11 is 0. The van der Waals surface area contributed by atoms with E-state index in [1.807, 2.05) is 0 Å². The molecule has 0 aliphatic carbocycles. The summed E-state index contributed by atoms with van der Waals surface area (Å²) in [6.45, 7) is 1.49. The molecule has 1 aromatic heterocycles. The van der Waals surface area contributed by atoms with Crippen LogP contribution in [0.4, 0.5) is 0 Å². The van der Waals surface area contributed by atoms with E-state index in [0.717, 1.165) is 15.3 Å². The molecule has 0 spiro atoms. The van der Waals surface area contributed by atoms with Crippen LogP contribution in [0.25, 0.3) is 0 Å². The first-order valence-electron chi connectivity index (χ1n) is 5.58. The first-order valence-corrected chi connectivity index (χ1v) is 7.06. The van der Waals surface area contributed by atoms with Crippen molar-refractivity contribution in [2.24, 2.45) is 20.0 Å². The monoisotopic (exact) mass is 291 g/mol. The van der Waals surface area contributed by atoms with Gasteiger partial charge in [-0.3, -0.25) is 9.36 Å². The Morgan fingerprint density at radius 3 is 2.47 bits per heavy atom. The number of hydrogen-bond donors (Lipinski definition) is 2. The number of aliphatic hydroxyl groups is 1. The van der Waals surface area contributed by atoms with Gasteiger partial charge in [-0.1, -0.05) is 6.92 Å². The van der Waals surface area contributed by atoms with Crippen molar-refractivity contribution >= 4 is 10.0 Å². The topological polar surface area (TPSA) is 110 Å². The average Bonchev–Trinajstić information content (AvgIpc) is 2.37. The molecule has 0 aliphatic heterocycles. The molecule has 1 heterocycles. The van der Waals surface area contributed by atoms with Gasteiger partial charge in [-0.25, -0.2) is 17.9 Å². The van der Waals surface area contributed by atoms with E-state index in [4.69, 9.17) is 5.11 Å². The molecule has 0 bridgehead atoms. The highest BCUT2D eigenvalue weighted by Gasteiger charge is 2.21. The molecule has 0 saturated heterocycles. The lowest BCUT2D eigenvalue weighted by Gasteiger charge is -2.11. The summed E-state index contributed by atoms with van der Waals surface area (Å²) in [6.07, 6.45) is 0.983. The number of hydrogen-bond acceptors (Lipinski definition) is 5. The predicted octanol–water partition coefficient (Wildman–Crippen LogP) is -2.01. The van der Waals surface area contributed by atoms with Crippen LogP contribution in [0.2, 0.25) is 0 Å². The first kappa shape index (κ1) is 15.6. The SMILES string of the molecule is CC(CO)CNS(=O)(=O)c1cn(C)c(=O)n(C)c1=O. The van der Waals surface area contributed by atoms with Crippen molar-refractivity contribution in [2.45, 2.75) is 11.8 Å². The van der Waals surface area contributed by atoms with E-state index < -0.39 is 26.2 Å². The number of nitrogens with one attached hydrogen (secondary N) is 1. The van der Waals surface area contributed by atoms with Gasteiger partial charge in [-0.05, 0) is 5.92 Å². The van der Waals surface area contributed by atoms with Crippen LogP contribution in [0.1, 0.15) is 6.92 Å². The number of aliphatic hydroxyl groups excluding tert-OH is 1. The third-order valence-corrected chi connectivity index (χ3v) is 4.04. The third-order valence-electron chi connectivity index (χ3n) is 2.64. The van der Waals surface area contributed by atoms with Gasteiger partial charge in [0, 0.05) is 33.4 Å². The molecule has 19 heavy (non-hydrogen) atoms. The lowest BCUT2D eigenvalue weighted by molar-refractivity contribution is 0.238. The van der Waals surface area contributed by atoms with Gasteiger partial charge in [0.2, 0.25) is 10.0 Å². The Kier molecular flexibility index (Phi) is 4.66. The Balaban J connectivity index is 3.24. The molecular formula is C10H17N3O5S. The van der Waals surface area contributed by atoms with E-state index in [1.165, 1.54) is 14.1 Å². The van der Waals surface area contributed by atoms with Crippen molar-refractivity contribution < 1.29 is 13.5 Å². The zero-order chi connectivity index (χ0) is 14.8. The van der Waals surface area contributed by atoms with Crippen molar-refractivity contribution in [3.8, 4) is 0 Å². The summed E-state index contributed by atoms with van der Waals surface area (Å²) in [5.74, 6) is -0.272. The van der Waals surface area contributed by atoms with Gasteiger partial charge < -0.3 is 9.67 Å². The highest BCUT2D eigenvalue weighted by molar-refractivity contribution is 7.89. The maximum atomic E-state index is 12.0. The second-order valence-corrected chi connectivity index (χ2v) is 6.13. The summed E-state index contributed by atoms with van der Waals surface area (Å²) in [5, 5.41) is 8.84. The highest BCUT2D eigenvalue weighted by atomic mass is 32.2. The molecule has 8 nitrogen and oxygen atoms in total. The Hall–Kier alpha value is -1.45. The smallest absolute Gasteiger partial charge is 0.330 e. The zero-order valence-corrected chi connectivity index (χ0v) is 11.8. The highest BCUT2D eigenvalue weighted by Crippen LogP contribution is 2.01. The quantitative estimate of drug-likeness (QED) is 0.651. The Labute approximate surface area is 110 Å². The normalized spacial score (nSPS) is 13.5. The lowest BCUT2D eigenvalue weighted by atomic mass is 10.2. The molecule has 1 rings (SSSR count). The fourth-order valence-corrected chi connectivity index (χ4v) is 2.68. The number of rotatable bonds is 5. The molecule has 1 aromatic rings. The largest absolute Gasteiger partial charge is 0.396 e. The van der Waals surface area contributed by atoms with Crippen LogP contribution >= 0.6 is 0 Å². The molecule has 0 aliphatic rings. The first-order chi connectivity index (χ1) is 8.70. The Bertz CT molecular complexity index is 673. The van der Waals surface area contributed by atoms with Crippen molar-refractivity contribution in [2.75, 3.05) is 13.2 Å². The fourth-order valence-electron chi connectivity index (χ4n) is 1.35. The fraction of sp³-hybridized carbons (Fsp3) is 0.600. The molecular weight excluding hydrogens is 274 g/mol. The van der Waals surface area contributed by atoms with E-state index in [0.29, 0.717) is 0 Å². The van der Waals surface area contributed by atoms with Crippen LogP contribution in [0.3, 0.4) is 0 Å². The molecule has 0 fully saturated rings. The minimum Gasteiger partial charge on any atom is -0.396 e. The molecule has 0 radical (unpaired) electrons. The number of nitrogens with zero attached hydrogens (tertiary/aromatic N) is 2. The Morgan fingerprint density at radius 1 is 1.37 bits per heavy atom. The molecule has 0 saturated carbocycles. The van der Waals surface area contributed by atoms with E-state index >= 15 is 0 Å². The standard InChI is InChI=1S/C10H17N3O5S/c1-7(6-14)4-11-19(17,18)8-5-12(2)10(16)13(3)9(8)15/h5,7,11,14H,4,6H2,1-3H3. The van der Waals surface area contributed by atoms with Crippen LogP contribution in [-0.2, 0) is 24.1 Å². The summed E-state index contributed by atoms with van der Waals surface area (Å²) in [6, 6.07) is 0. The van der Waals surface area contributed by atoms with Gasteiger partial charge >= 0.3 is 5.69 Å². The molecule has 0 amide bonds. The van der Waals surface area contributed by atoms with Crippen LogP contribution in [0, 0.1) is 5.92 Å². The van der Waals surface area contributed by atoms with Gasteiger partial charge in [0.05, 0.1) is 0 Å². The average molecular weight is 291 g/mol. The van der Waals surface area contributed by atoms with Crippen molar-refractivity contribution in [1.29, 1.82) is 0 Å². The van der Waals surface area contributed by atoms with Crippen LogP contribution in [0.15, 0.2) is 20.7 Å². The second kappa shape index (κ2) is 5.68. The van der Waals surface area contributed by atoms with E-state index in [9.17, 15) is 18.0 Å². The van der Waals surface area contributed by atoms with Crippen molar-refractivity contribution in [1.82, 2.24) is 13.9 Å². The van der Waals surface area contributed by atoms with Crippen LogP contribution in [0.5, 0.6) is 0 Å². The van der Waals surface area contributed by atoms with Gasteiger partial charge in [-0.15, -0.1) is 0 Å². The zero-order valence-electron chi connectivity index (χ0n) is 11.0. The van der Waals surface area contributed by atoms with Crippen LogP contribution in [-0.4, -0.2) is 35.8 Å². The molecule has 0 aromatic carbocycles. The third kappa shape index (κ3) is 3.31. The summed E-state index contributed by atoms with van der Waals surface area (Å²) < 4.78 is 27.9. The molecule has 1 atom stereocenters. The van der Waals surface area contributed by atoms with E-state index in [1.54, 1.807) is 6.92 Å². The van der Waals surface area contributed by atoms with Gasteiger partial charge in [0.1, 0.15) is 0 Å². The summed E-state index contributed by atoms with van der Waals surface area (Å²) in [7, 11) is -1.45. The number of aryl methyl sites for hydroxylation is 1. The number of sulfonamides is 1. The van der Waals surface area contributed by atoms with Crippen molar-refractivity contribution in [3.63, 3.8) is 0 Å². The summed E-state index contributed by atoms with van der Waals surface area (Å²) in [5.41, 5.74) is -1.49. The lowest BCUT2D eigenvalue weighted by Crippen LogP contribution is -2.42. The maximum absolute atomic E-state index is 12.0. The minimum absolute atomic E-state index is 0.00479. The molecule has 2 N–H and O–H groups in total. The minimum atomic E-state index is -4.01. The molecule has 9 heteroatoms. The summed E-state index contributed by atoms with van der Waals surface area (Å²) in [4.78, 5) is 22.7. The molecule has 1 unspecified atom stereocenters.